The number of amides is 3. The van der Waals surface area contributed by atoms with Crippen LogP contribution in [0.25, 0.3) is 0 Å². The van der Waals surface area contributed by atoms with E-state index in [2.05, 4.69) is 10.6 Å². The van der Waals surface area contributed by atoms with Crippen molar-refractivity contribution in [3.05, 3.63) is 12.2 Å². The van der Waals surface area contributed by atoms with E-state index in [1.54, 1.807) is 27.7 Å². The molecule has 2 heterocycles. The number of hydrogen-bond acceptors (Lipinski definition) is 8. The van der Waals surface area contributed by atoms with Crippen LogP contribution in [0.2, 0.25) is 0 Å². The van der Waals surface area contributed by atoms with Crippen molar-refractivity contribution in [1.82, 2.24) is 15.5 Å². The number of esters is 2. The Bertz CT molecular complexity index is 958. The van der Waals surface area contributed by atoms with Crippen LogP contribution in [0.4, 0.5) is 4.79 Å². The fourth-order valence-electron chi connectivity index (χ4n) is 5.08. The molecule has 0 aromatic carbocycles. The Kier molecular flexibility index (Phi) is 9.43. The van der Waals surface area contributed by atoms with E-state index in [0.29, 0.717) is 19.3 Å². The number of hydrogen-bond donors (Lipinski definition) is 2. The quantitative estimate of drug-likeness (QED) is 0.318. The van der Waals surface area contributed by atoms with Gasteiger partial charge in [0, 0.05) is 19.3 Å². The molecule has 1 saturated carbocycles. The molecule has 0 unspecified atom stereocenters. The second kappa shape index (κ2) is 12.2. The van der Waals surface area contributed by atoms with Crippen molar-refractivity contribution >= 4 is 29.8 Å². The van der Waals surface area contributed by atoms with Crippen LogP contribution in [-0.4, -0.2) is 77.2 Å². The van der Waals surface area contributed by atoms with Gasteiger partial charge in [0.2, 0.25) is 11.8 Å². The molecule has 11 nitrogen and oxygen atoms in total. The van der Waals surface area contributed by atoms with Crippen LogP contribution >= 0.6 is 0 Å². The third-order valence-electron chi connectivity index (χ3n) is 6.90. The van der Waals surface area contributed by atoms with Crippen LogP contribution in [0.1, 0.15) is 79.6 Å². The van der Waals surface area contributed by atoms with Crippen LogP contribution in [0.5, 0.6) is 0 Å². The lowest BCUT2D eigenvalue weighted by atomic mass is 10.0. The second-order valence-corrected chi connectivity index (χ2v) is 11.2. The Balaban J connectivity index is 1.90. The number of alkyl carbamates (subject to hydrolysis) is 1. The molecular formula is C27H41N3O8. The molecule has 3 aliphatic rings. The lowest BCUT2D eigenvalue weighted by molar-refractivity contribution is -0.150. The maximum atomic E-state index is 13.8. The van der Waals surface area contributed by atoms with Crippen LogP contribution in [0, 0.1) is 5.92 Å². The van der Waals surface area contributed by atoms with Gasteiger partial charge in [-0.1, -0.05) is 25.0 Å². The van der Waals surface area contributed by atoms with E-state index < -0.39 is 59.2 Å². The molecule has 0 bridgehead atoms. The molecule has 1 saturated heterocycles. The van der Waals surface area contributed by atoms with Crippen LogP contribution in [0.3, 0.4) is 0 Å². The number of carbonyl (C=O) groups excluding carboxylic acids is 5. The standard InChI is InChI=1S/C27H41N3O8/c1-6-36-24(34)27-15-18(27)12-10-8-7-9-11-13-20(28-25(35)38-26(3,4)5)23(33)30-16-19(37-17(2)31)14-21(30)22(32)29-27/h10,12,18-21H,6-9,11,13-16H2,1-5H3,(H,28,35)(H,29,32)/b12-10-/t18-,19-,20+,21+,27-/m1/s1. The first-order valence-electron chi connectivity index (χ1n) is 13.5. The monoisotopic (exact) mass is 535 g/mol. The molecule has 0 radical (unpaired) electrons. The zero-order chi connectivity index (χ0) is 28.1. The van der Waals surface area contributed by atoms with E-state index in [1.807, 2.05) is 12.2 Å². The zero-order valence-corrected chi connectivity index (χ0v) is 23.0. The number of fused-ring (bicyclic) bond motifs is 2. The third-order valence-corrected chi connectivity index (χ3v) is 6.90. The first-order valence-corrected chi connectivity index (χ1v) is 13.5. The predicted molar refractivity (Wildman–Crippen MR) is 137 cm³/mol. The van der Waals surface area contributed by atoms with Crippen LogP contribution in [-0.2, 0) is 33.4 Å². The number of rotatable bonds is 4. The van der Waals surface area contributed by atoms with Gasteiger partial charge in [0.1, 0.15) is 29.3 Å². The van der Waals surface area contributed by atoms with Crippen molar-refractivity contribution in [3.8, 4) is 0 Å². The Morgan fingerprint density at radius 3 is 2.58 bits per heavy atom. The molecule has 3 rings (SSSR count). The Morgan fingerprint density at radius 1 is 1.18 bits per heavy atom. The summed E-state index contributed by atoms with van der Waals surface area (Å²) in [5.41, 5.74) is -1.94. The Hall–Kier alpha value is -3.11. The van der Waals surface area contributed by atoms with Gasteiger partial charge in [0.15, 0.2) is 0 Å². The van der Waals surface area contributed by atoms with E-state index in [-0.39, 0.29) is 25.5 Å². The highest BCUT2D eigenvalue weighted by Crippen LogP contribution is 2.46. The maximum absolute atomic E-state index is 13.8. The minimum atomic E-state index is -1.19. The van der Waals surface area contributed by atoms with Crippen molar-refractivity contribution in [1.29, 1.82) is 0 Å². The summed E-state index contributed by atoms with van der Waals surface area (Å²) in [6, 6.07) is -1.92. The summed E-state index contributed by atoms with van der Waals surface area (Å²) < 4.78 is 16.0. The summed E-state index contributed by atoms with van der Waals surface area (Å²) in [7, 11) is 0. The fraction of sp³-hybridized carbons (Fsp3) is 0.741. The summed E-state index contributed by atoms with van der Waals surface area (Å²) in [4.78, 5) is 65.8. The van der Waals surface area contributed by atoms with Gasteiger partial charge in [-0.3, -0.25) is 14.4 Å². The average molecular weight is 536 g/mol. The molecule has 5 atom stereocenters. The summed E-state index contributed by atoms with van der Waals surface area (Å²) in [5.74, 6) is -2.22. The molecule has 0 spiro atoms. The molecule has 11 heteroatoms. The van der Waals surface area contributed by atoms with Gasteiger partial charge >= 0.3 is 18.0 Å². The first-order chi connectivity index (χ1) is 17.9. The highest BCUT2D eigenvalue weighted by molar-refractivity contribution is 5.96. The van der Waals surface area contributed by atoms with E-state index in [9.17, 15) is 24.0 Å². The van der Waals surface area contributed by atoms with Gasteiger partial charge in [-0.25, -0.2) is 9.59 Å². The normalized spacial score (nSPS) is 30.9. The summed E-state index contributed by atoms with van der Waals surface area (Å²) in [6.45, 7) is 8.33. The first kappa shape index (κ1) is 29.4. The number of ether oxygens (including phenoxy) is 3. The highest BCUT2D eigenvalue weighted by Gasteiger charge is 2.62. The van der Waals surface area contributed by atoms with Crippen LogP contribution in [0.15, 0.2) is 12.2 Å². The topological polar surface area (TPSA) is 140 Å². The number of allylic oxidation sites excluding steroid dienone is 1. The Morgan fingerprint density at radius 2 is 1.92 bits per heavy atom. The number of nitrogens with one attached hydrogen (secondary N) is 2. The van der Waals surface area contributed by atoms with Crippen molar-refractivity contribution in [2.24, 2.45) is 5.92 Å². The largest absolute Gasteiger partial charge is 0.464 e. The fourth-order valence-corrected chi connectivity index (χ4v) is 5.08. The second-order valence-electron chi connectivity index (χ2n) is 11.2. The molecule has 38 heavy (non-hydrogen) atoms. The number of nitrogens with zero attached hydrogens (tertiary/aromatic N) is 1. The minimum absolute atomic E-state index is 0.00125. The maximum Gasteiger partial charge on any atom is 0.408 e. The molecule has 2 fully saturated rings. The van der Waals surface area contributed by atoms with Gasteiger partial charge in [-0.05, 0) is 53.4 Å². The third kappa shape index (κ3) is 7.48. The van der Waals surface area contributed by atoms with Gasteiger partial charge < -0.3 is 29.7 Å². The van der Waals surface area contributed by atoms with E-state index in [0.717, 1.165) is 19.3 Å². The highest BCUT2D eigenvalue weighted by atomic mass is 16.6. The molecule has 0 aromatic heterocycles. The molecule has 3 amide bonds. The average Bonchev–Trinajstić information content (AvgIpc) is 3.33. The molecule has 0 aromatic rings. The molecule has 212 valence electrons. The van der Waals surface area contributed by atoms with Gasteiger partial charge in [0.25, 0.3) is 0 Å². The Labute approximate surface area is 224 Å². The van der Waals surface area contributed by atoms with Crippen LogP contribution < -0.4 is 10.6 Å². The lowest BCUT2D eigenvalue weighted by Crippen LogP contribution is -2.56. The van der Waals surface area contributed by atoms with E-state index in [4.69, 9.17) is 14.2 Å². The summed E-state index contributed by atoms with van der Waals surface area (Å²) in [5, 5.41) is 5.54. The molecule has 2 N–H and O–H groups in total. The van der Waals surface area contributed by atoms with Crippen molar-refractivity contribution in [2.45, 2.75) is 109 Å². The molecular weight excluding hydrogens is 494 g/mol. The molecule has 1 aliphatic carbocycles. The van der Waals surface area contributed by atoms with Gasteiger partial charge in [0.05, 0.1) is 13.2 Å². The SMILES string of the molecule is CCOC(=O)[C@@]12C[C@H]1/C=C\CCCCC[C@H](NC(=O)OC(C)(C)C)C(=O)N1C[C@H](OC(C)=O)C[C@H]1C(=O)N2. The summed E-state index contributed by atoms with van der Waals surface area (Å²) in [6.07, 6.45) is 6.55. The number of carbonyl (C=O) groups is 5. The van der Waals surface area contributed by atoms with Gasteiger partial charge in [-0.15, -0.1) is 0 Å². The van der Waals surface area contributed by atoms with Crippen molar-refractivity contribution < 1.29 is 38.2 Å². The lowest BCUT2D eigenvalue weighted by Gasteiger charge is -2.30. The summed E-state index contributed by atoms with van der Waals surface area (Å²) >= 11 is 0. The van der Waals surface area contributed by atoms with Gasteiger partial charge in [-0.2, -0.15) is 0 Å². The predicted octanol–water partition coefficient (Wildman–Crippen LogP) is 2.37. The molecule has 2 aliphatic heterocycles. The smallest absolute Gasteiger partial charge is 0.408 e. The van der Waals surface area contributed by atoms with Crippen molar-refractivity contribution in [3.63, 3.8) is 0 Å². The minimum Gasteiger partial charge on any atom is -0.464 e. The van der Waals surface area contributed by atoms with E-state index in [1.165, 1.54) is 11.8 Å². The zero-order valence-electron chi connectivity index (χ0n) is 23.0. The van der Waals surface area contributed by atoms with Crippen molar-refractivity contribution in [2.75, 3.05) is 13.2 Å². The van der Waals surface area contributed by atoms with E-state index >= 15 is 0 Å².